The van der Waals surface area contributed by atoms with Crippen molar-refractivity contribution in [2.24, 2.45) is 4.99 Å². The lowest BCUT2D eigenvalue weighted by molar-refractivity contribution is 0.399. The Kier molecular flexibility index (Phi) is 10.3. The van der Waals surface area contributed by atoms with E-state index in [1.165, 1.54) is 6.07 Å². The lowest BCUT2D eigenvalue weighted by atomic mass is 10.1. The van der Waals surface area contributed by atoms with Crippen molar-refractivity contribution in [3.8, 4) is 0 Å². The third-order valence-corrected chi connectivity index (χ3v) is 2.98. The van der Waals surface area contributed by atoms with Gasteiger partial charge >= 0.3 is 0 Å². The number of rotatable bonds is 6. The molecule has 21 heavy (non-hydrogen) atoms. The minimum Gasteiger partial charge on any atom is -0.356 e. The first kappa shape index (κ1) is 20.1. The zero-order chi connectivity index (χ0) is 15.0. The van der Waals surface area contributed by atoms with E-state index in [2.05, 4.69) is 34.6 Å². The van der Waals surface area contributed by atoms with Crippen LogP contribution in [0.3, 0.4) is 0 Å². The molecular weight excluding hydrogens is 382 g/mol. The molecule has 0 saturated carbocycles. The highest BCUT2D eigenvalue weighted by Crippen LogP contribution is 2.08. The summed E-state index contributed by atoms with van der Waals surface area (Å²) in [5, 5.41) is 6.48. The van der Waals surface area contributed by atoms with Gasteiger partial charge in [0.25, 0.3) is 0 Å². The number of aryl methyl sites for hydroxylation is 1. The highest BCUT2D eigenvalue weighted by Gasteiger charge is 2.01. The van der Waals surface area contributed by atoms with Gasteiger partial charge in [0.2, 0.25) is 0 Å². The van der Waals surface area contributed by atoms with E-state index >= 15 is 0 Å². The fraction of sp³-hybridized carbons (Fsp3) is 0.533. The molecule has 0 amide bonds. The van der Waals surface area contributed by atoms with Gasteiger partial charge in [0, 0.05) is 20.1 Å². The number of nitrogens with zero attached hydrogens (tertiary/aromatic N) is 2. The Morgan fingerprint density at radius 1 is 1.29 bits per heavy atom. The summed E-state index contributed by atoms with van der Waals surface area (Å²) in [6, 6.07) is 5.13. The Morgan fingerprint density at radius 3 is 2.57 bits per heavy atom. The minimum atomic E-state index is -0.167. The predicted octanol–water partition coefficient (Wildman–Crippen LogP) is 2.37. The van der Waals surface area contributed by atoms with Crippen LogP contribution in [0, 0.1) is 12.7 Å². The van der Waals surface area contributed by atoms with Crippen molar-refractivity contribution in [2.75, 3.05) is 34.2 Å². The SMILES string of the molecule is CN=C(NCCCN(C)C)NCc1ccc(F)c(C)c1.I. The summed E-state index contributed by atoms with van der Waals surface area (Å²) in [7, 11) is 5.87. The number of halogens is 2. The zero-order valence-electron chi connectivity index (χ0n) is 13.2. The van der Waals surface area contributed by atoms with Gasteiger partial charge in [-0.25, -0.2) is 4.39 Å². The van der Waals surface area contributed by atoms with Crippen LogP contribution in [-0.2, 0) is 6.54 Å². The first-order valence-electron chi connectivity index (χ1n) is 6.87. The summed E-state index contributed by atoms with van der Waals surface area (Å²) in [5.41, 5.74) is 1.71. The smallest absolute Gasteiger partial charge is 0.191 e. The van der Waals surface area contributed by atoms with Crippen molar-refractivity contribution >= 4 is 29.9 Å². The molecule has 0 unspecified atom stereocenters. The van der Waals surface area contributed by atoms with Crippen LogP contribution in [0.1, 0.15) is 17.5 Å². The first-order chi connectivity index (χ1) is 9.52. The summed E-state index contributed by atoms with van der Waals surface area (Å²) in [5.74, 6) is 0.602. The molecule has 1 aromatic rings. The average Bonchev–Trinajstić information content (AvgIpc) is 2.41. The second-order valence-electron chi connectivity index (χ2n) is 5.09. The molecule has 0 fully saturated rings. The lowest BCUT2D eigenvalue weighted by Crippen LogP contribution is -2.38. The molecule has 4 nitrogen and oxygen atoms in total. The topological polar surface area (TPSA) is 39.7 Å². The first-order valence-corrected chi connectivity index (χ1v) is 6.87. The monoisotopic (exact) mass is 408 g/mol. The number of benzene rings is 1. The van der Waals surface area contributed by atoms with Gasteiger partial charge in [0.15, 0.2) is 5.96 Å². The van der Waals surface area contributed by atoms with Crippen LogP contribution in [0.25, 0.3) is 0 Å². The van der Waals surface area contributed by atoms with E-state index in [0.717, 1.165) is 31.0 Å². The number of guanidine groups is 1. The maximum Gasteiger partial charge on any atom is 0.191 e. The largest absolute Gasteiger partial charge is 0.356 e. The van der Waals surface area contributed by atoms with Crippen LogP contribution in [0.15, 0.2) is 23.2 Å². The molecule has 0 saturated heterocycles. The molecule has 0 aromatic heterocycles. The van der Waals surface area contributed by atoms with Crippen LogP contribution in [-0.4, -0.2) is 45.1 Å². The minimum absolute atomic E-state index is 0. The summed E-state index contributed by atoms with van der Waals surface area (Å²) < 4.78 is 13.2. The molecule has 120 valence electrons. The normalized spacial score (nSPS) is 11.2. The maximum atomic E-state index is 13.2. The van der Waals surface area contributed by atoms with Gasteiger partial charge in [-0.3, -0.25) is 4.99 Å². The molecule has 1 aromatic carbocycles. The highest BCUT2D eigenvalue weighted by atomic mass is 127. The van der Waals surface area contributed by atoms with Crippen molar-refractivity contribution in [3.63, 3.8) is 0 Å². The lowest BCUT2D eigenvalue weighted by Gasteiger charge is -2.14. The molecule has 0 bridgehead atoms. The van der Waals surface area contributed by atoms with Gasteiger partial charge in [0.1, 0.15) is 5.82 Å². The second-order valence-corrected chi connectivity index (χ2v) is 5.09. The van der Waals surface area contributed by atoms with Gasteiger partial charge < -0.3 is 15.5 Å². The Bertz CT molecular complexity index is 449. The Hall–Kier alpha value is -0.890. The Balaban J connectivity index is 0.00000400. The average molecular weight is 408 g/mol. The van der Waals surface area contributed by atoms with E-state index in [1.54, 1.807) is 20.0 Å². The second kappa shape index (κ2) is 10.8. The fourth-order valence-corrected chi connectivity index (χ4v) is 1.83. The van der Waals surface area contributed by atoms with Gasteiger partial charge in [-0.15, -0.1) is 24.0 Å². The van der Waals surface area contributed by atoms with Crippen LogP contribution in [0.4, 0.5) is 4.39 Å². The van der Waals surface area contributed by atoms with E-state index in [9.17, 15) is 4.39 Å². The molecule has 0 radical (unpaired) electrons. The molecular formula is C15H26FIN4. The van der Waals surface area contributed by atoms with E-state index < -0.39 is 0 Å². The van der Waals surface area contributed by atoms with E-state index in [4.69, 9.17) is 0 Å². The van der Waals surface area contributed by atoms with Crippen LogP contribution < -0.4 is 10.6 Å². The standard InChI is InChI=1S/C15H25FN4.HI/c1-12-10-13(6-7-14(12)16)11-19-15(17-2)18-8-5-9-20(3)4;/h6-7,10H,5,8-9,11H2,1-4H3,(H2,17,18,19);1H. The van der Waals surface area contributed by atoms with Gasteiger partial charge in [-0.1, -0.05) is 12.1 Å². The van der Waals surface area contributed by atoms with Crippen molar-refractivity contribution in [3.05, 3.63) is 35.1 Å². The summed E-state index contributed by atoms with van der Waals surface area (Å²) in [4.78, 5) is 6.32. The van der Waals surface area contributed by atoms with E-state index in [1.807, 2.05) is 6.07 Å². The number of aliphatic imine (C=N–C) groups is 1. The van der Waals surface area contributed by atoms with Crippen molar-refractivity contribution in [1.82, 2.24) is 15.5 Å². The highest BCUT2D eigenvalue weighted by molar-refractivity contribution is 14.0. The van der Waals surface area contributed by atoms with Crippen molar-refractivity contribution in [2.45, 2.75) is 19.9 Å². The van der Waals surface area contributed by atoms with Crippen LogP contribution >= 0.6 is 24.0 Å². The summed E-state index contributed by atoms with van der Waals surface area (Å²) in [6.07, 6.45) is 1.06. The summed E-state index contributed by atoms with van der Waals surface area (Å²) >= 11 is 0. The molecule has 0 heterocycles. The van der Waals surface area contributed by atoms with Crippen LogP contribution in [0.2, 0.25) is 0 Å². The van der Waals surface area contributed by atoms with E-state index in [0.29, 0.717) is 12.1 Å². The maximum absolute atomic E-state index is 13.2. The number of hydrogen-bond acceptors (Lipinski definition) is 2. The molecule has 6 heteroatoms. The van der Waals surface area contributed by atoms with Crippen molar-refractivity contribution < 1.29 is 4.39 Å². The Labute approximate surface area is 144 Å². The number of nitrogens with one attached hydrogen (secondary N) is 2. The van der Waals surface area contributed by atoms with Gasteiger partial charge in [-0.05, 0) is 51.2 Å². The number of hydrogen-bond donors (Lipinski definition) is 2. The molecule has 0 atom stereocenters. The Morgan fingerprint density at radius 2 is 2.00 bits per heavy atom. The van der Waals surface area contributed by atoms with Gasteiger partial charge in [0.05, 0.1) is 0 Å². The molecule has 2 N–H and O–H groups in total. The molecule has 1 rings (SSSR count). The molecule has 0 aliphatic heterocycles. The summed E-state index contributed by atoms with van der Waals surface area (Å²) in [6.45, 7) is 4.32. The van der Waals surface area contributed by atoms with Crippen molar-refractivity contribution in [1.29, 1.82) is 0 Å². The molecule has 0 spiro atoms. The van der Waals surface area contributed by atoms with Gasteiger partial charge in [-0.2, -0.15) is 0 Å². The van der Waals surface area contributed by atoms with E-state index in [-0.39, 0.29) is 29.8 Å². The third kappa shape index (κ3) is 8.21. The quantitative estimate of drug-likeness (QED) is 0.329. The zero-order valence-corrected chi connectivity index (χ0v) is 15.6. The van der Waals surface area contributed by atoms with Crippen LogP contribution in [0.5, 0.6) is 0 Å². The fourth-order valence-electron chi connectivity index (χ4n) is 1.83. The third-order valence-electron chi connectivity index (χ3n) is 2.98. The molecule has 0 aliphatic rings. The predicted molar refractivity (Wildman–Crippen MR) is 97.9 cm³/mol. The molecule has 0 aliphatic carbocycles.